The Morgan fingerprint density at radius 1 is 1.18 bits per heavy atom. The van der Waals surface area contributed by atoms with E-state index in [4.69, 9.17) is 5.73 Å². The zero-order valence-corrected chi connectivity index (χ0v) is 11.1. The third-order valence-electron chi connectivity index (χ3n) is 3.34. The van der Waals surface area contributed by atoms with Gasteiger partial charge in [-0.1, -0.05) is 51.5 Å². The zero-order chi connectivity index (χ0) is 12.8. The summed E-state index contributed by atoms with van der Waals surface area (Å²) in [5.74, 6) is 0.178. The Morgan fingerprint density at radius 2 is 1.76 bits per heavy atom. The fourth-order valence-corrected chi connectivity index (χ4v) is 2.13. The van der Waals surface area contributed by atoms with Crippen LogP contribution >= 0.6 is 0 Å². The van der Waals surface area contributed by atoms with Gasteiger partial charge in [0, 0.05) is 5.92 Å². The van der Waals surface area contributed by atoms with Crippen molar-refractivity contribution in [2.45, 2.75) is 39.8 Å². The van der Waals surface area contributed by atoms with Gasteiger partial charge in [-0.25, -0.2) is 4.39 Å². The molecule has 0 amide bonds. The minimum atomic E-state index is -0.948. The standard InChI is InChI=1S/C15H24FN/c1-4-5-12-6-8-13(9-7-12)15(16)14(10-17)11(2)3/h6-9,11,14-15H,4-5,10,17H2,1-3H3. The molecule has 0 aliphatic carbocycles. The van der Waals surface area contributed by atoms with Crippen LogP contribution in [-0.2, 0) is 6.42 Å². The maximum atomic E-state index is 14.3. The van der Waals surface area contributed by atoms with Gasteiger partial charge in [-0.3, -0.25) is 0 Å². The van der Waals surface area contributed by atoms with Gasteiger partial charge in [-0.05, 0) is 30.0 Å². The van der Waals surface area contributed by atoms with Crippen molar-refractivity contribution in [3.8, 4) is 0 Å². The normalized spacial score (nSPS) is 14.9. The van der Waals surface area contributed by atoms with Gasteiger partial charge in [0.2, 0.25) is 0 Å². The summed E-state index contributed by atoms with van der Waals surface area (Å²) >= 11 is 0. The second kappa shape index (κ2) is 6.75. The molecule has 0 aliphatic rings. The van der Waals surface area contributed by atoms with Crippen LogP contribution in [0.25, 0.3) is 0 Å². The molecule has 0 saturated heterocycles. The molecule has 17 heavy (non-hydrogen) atoms. The molecule has 0 radical (unpaired) electrons. The molecule has 0 saturated carbocycles. The van der Waals surface area contributed by atoms with Crippen molar-refractivity contribution >= 4 is 0 Å². The van der Waals surface area contributed by atoms with E-state index in [1.807, 2.05) is 38.1 Å². The summed E-state index contributed by atoms with van der Waals surface area (Å²) in [6.07, 6.45) is 1.23. The average Bonchev–Trinajstić information content (AvgIpc) is 2.30. The van der Waals surface area contributed by atoms with Crippen LogP contribution in [0.15, 0.2) is 24.3 Å². The highest BCUT2D eigenvalue weighted by Gasteiger charge is 2.24. The summed E-state index contributed by atoms with van der Waals surface area (Å²) in [6.45, 7) is 6.59. The van der Waals surface area contributed by atoms with E-state index in [1.54, 1.807) is 0 Å². The van der Waals surface area contributed by atoms with Gasteiger partial charge in [-0.15, -0.1) is 0 Å². The molecule has 1 aromatic carbocycles. The van der Waals surface area contributed by atoms with E-state index in [1.165, 1.54) is 5.56 Å². The van der Waals surface area contributed by atoms with E-state index in [0.717, 1.165) is 18.4 Å². The van der Waals surface area contributed by atoms with E-state index in [0.29, 0.717) is 6.54 Å². The second-order valence-electron chi connectivity index (χ2n) is 5.04. The van der Waals surface area contributed by atoms with Crippen LogP contribution in [-0.4, -0.2) is 6.54 Å². The third kappa shape index (κ3) is 3.81. The summed E-state index contributed by atoms with van der Waals surface area (Å²) in [5, 5.41) is 0. The van der Waals surface area contributed by atoms with Gasteiger partial charge in [0.15, 0.2) is 0 Å². The molecule has 0 fully saturated rings. The highest BCUT2D eigenvalue weighted by Crippen LogP contribution is 2.31. The van der Waals surface area contributed by atoms with Crippen molar-refractivity contribution in [1.82, 2.24) is 0 Å². The molecule has 0 aliphatic heterocycles. The molecule has 0 heterocycles. The van der Waals surface area contributed by atoms with Crippen molar-refractivity contribution in [2.24, 2.45) is 17.6 Å². The highest BCUT2D eigenvalue weighted by molar-refractivity contribution is 5.25. The van der Waals surface area contributed by atoms with Crippen molar-refractivity contribution in [1.29, 1.82) is 0 Å². The summed E-state index contributed by atoms with van der Waals surface area (Å²) in [4.78, 5) is 0. The minimum absolute atomic E-state index is 0.0907. The number of aryl methyl sites for hydroxylation is 1. The Kier molecular flexibility index (Phi) is 5.63. The predicted molar refractivity (Wildman–Crippen MR) is 71.7 cm³/mol. The third-order valence-corrected chi connectivity index (χ3v) is 3.34. The first-order valence-electron chi connectivity index (χ1n) is 6.53. The lowest BCUT2D eigenvalue weighted by atomic mass is 9.87. The Labute approximate surface area is 104 Å². The quantitative estimate of drug-likeness (QED) is 0.798. The lowest BCUT2D eigenvalue weighted by molar-refractivity contribution is 0.188. The first-order chi connectivity index (χ1) is 8.10. The smallest absolute Gasteiger partial charge is 0.129 e. The van der Waals surface area contributed by atoms with E-state index >= 15 is 0 Å². The number of nitrogens with two attached hydrogens (primary N) is 1. The molecule has 0 bridgehead atoms. The molecular formula is C15H24FN. The van der Waals surface area contributed by atoms with Gasteiger partial charge >= 0.3 is 0 Å². The van der Waals surface area contributed by atoms with Crippen LogP contribution < -0.4 is 5.73 Å². The van der Waals surface area contributed by atoms with Crippen molar-refractivity contribution in [3.05, 3.63) is 35.4 Å². The summed E-state index contributed by atoms with van der Waals surface area (Å²) in [7, 11) is 0. The van der Waals surface area contributed by atoms with Crippen molar-refractivity contribution < 1.29 is 4.39 Å². The van der Waals surface area contributed by atoms with Gasteiger partial charge < -0.3 is 5.73 Å². The maximum absolute atomic E-state index is 14.3. The molecule has 2 heteroatoms. The number of rotatable bonds is 6. The highest BCUT2D eigenvalue weighted by atomic mass is 19.1. The molecule has 1 aromatic rings. The Bertz CT molecular complexity index is 318. The molecule has 2 unspecified atom stereocenters. The van der Waals surface area contributed by atoms with Crippen LogP contribution in [0, 0.1) is 11.8 Å². The Balaban J connectivity index is 2.77. The molecule has 2 N–H and O–H groups in total. The number of hydrogen-bond acceptors (Lipinski definition) is 1. The number of halogens is 1. The Morgan fingerprint density at radius 3 is 2.18 bits per heavy atom. The Hall–Kier alpha value is -0.890. The monoisotopic (exact) mass is 237 g/mol. The number of benzene rings is 1. The molecule has 96 valence electrons. The summed E-state index contributed by atoms with van der Waals surface area (Å²) < 4.78 is 14.3. The van der Waals surface area contributed by atoms with Gasteiger partial charge in [0.05, 0.1) is 0 Å². The van der Waals surface area contributed by atoms with Crippen molar-refractivity contribution in [2.75, 3.05) is 6.54 Å². The van der Waals surface area contributed by atoms with Crippen LogP contribution in [0.1, 0.15) is 44.5 Å². The lowest BCUT2D eigenvalue weighted by Gasteiger charge is -2.23. The molecule has 1 rings (SSSR count). The summed E-state index contributed by atoms with van der Waals surface area (Å²) in [5.41, 5.74) is 7.68. The molecule has 1 nitrogen and oxygen atoms in total. The molecule has 0 spiro atoms. The van der Waals surface area contributed by atoms with Gasteiger partial charge in [0.1, 0.15) is 6.17 Å². The van der Waals surface area contributed by atoms with E-state index < -0.39 is 6.17 Å². The summed E-state index contributed by atoms with van der Waals surface area (Å²) in [6, 6.07) is 7.86. The minimum Gasteiger partial charge on any atom is -0.330 e. The second-order valence-corrected chi connectivity index (χ2v) is 5.04. The van der Waals surface area contributed by atoms with Crippen molar-refractivity contribution in [3.63, 3.8) is 0 Å². The van der Waals surface area contributed by atoms with E-state index in [9.17, 15) is 4.39 Å². The van der Waals surface area contributed by atoms with Crippen LogP contribution in [0.4, 0.5) is 4.39 Å². The lowest BCUT2D eigenvalue weighted by Crippen LogP contribution is -2.24. The fraction of sp³-hybridized carbons (Fsp3) is 0.600. The van der Waals surface area contributed by atoms with Crippen LogP contribution in [0.2, 0.25) is 0 Å². The fourth-order valence-electron chi connectivity index (χ4n) is 2.13. The first kappa shape index (κ1) is 14.2. The maximum Gasteiger partial charge on any atom is 0.129 e. The number of hydrogen-bond donors (Lipinski definition) is 1. The SMILES string of the molecule is CCCc1ccc(C(F)C(CN)C(C)C)cc1. The molecule has 2 atom stereocenters. The number of alkyl halides is 1. The largest absolute Gasteiger partial charge is 0.330 e. The van der Waals surface area contributed by atoms with Crippen LogP contribution in [0.5, 0.6) is 0 Å². The zero-order valence-electron chi connectivity index (χ0n) is 11.1. The molecular weight excluding hydrogens is 213 g/mol. The van der Waals surface area contributed by atoms with E-state index in [2.05, 4.69) is 6.92 Å². The molecule has 0 aromatic heterocycles. The first-order valence-corrected chi connectivity index (χ1v) is 6.53. The van der Waals surface area contributed by atoms with Gasteiger partial charge in [0.25, 0.3) is 0 Å². The predicted octanol–water partition coefficient (Wildman–Crippen LogP) is 3.88. The van der Waals surface area contributed by atoms with E-state index in [-0.39, 0.29) is 11.8 Å². The average molecular weight is 237 g/mol. The van der Waals surface area contributed by atoms with Gasteiger partial charge in [-0.2, -0.15) is 0 Å². The topological polar surface area (TPSA) is 26.0 Å². The van der Waals surface area contributed by atoms with Crippen LogP contribution in [0.3, 0.4) is 0 Å².